The van der Waals surface area contributed by atoms with E-state index in [9.17, 15) is 4.79 Å². The molecule has 1 saturated heterocycles. The third-order valence-electron chi connectivity index (χ3n) is 4.21. The van der Waals surface area contributed by atoms with Gasteiger partial charge in [0, 0.05) is 26.2 Å². The van der Waals surface area contributed by atoms with Gasteiger partial charge in [-0.3, -0.25) is 0 Å². The van der Waals surface area contributed by atoms with E-state index in [1.165, 1.54) is 6.33 Å². The molecule has 3 rings (SSSR count). The van der Waals surface area contributed by atoms with Crippen LogP contribution in [0.15, 0.2) is 30.6 Å². The molecule has 9 heteroatoms. The lowest BCUT2D eigenvalue weighted by Gasteiger charge is -2.35. The summed E-state index contributed by atoms with van der Waals surface area (Å²) in [7, 11) is 1.60. The first-order valence-corrected chi connectivity index (χ1v) is 8.71. The Kier molecular flexibility index (Phi) is 5.80. The zero-order valence-electron chi connectivity index (χ0n) is 15.4. The molecule has 2 aromatic rings. The number of rotatable bonds is 5. The van der Waals surface area contributed by atoms with Crippen molar-refractivity contribution in [3.05, 3.63) is 30.6 Å². The Morgan fingerprint density at radius 3 is 2.41 bits per heavy atom. The van der Waals surface area contributed by atoms with Crippen molar-refractivity contribution < 1.29 is 19.0 Å². The summed E-state index contributed by atoms with van der Waals surface area (Å²) < 4.78 is 16.0. The van der Waals surface area contributed by atoms with E-state index in [2.05, 4.69) is 9.97 Å². The zero-order chi connectivity index (χ0) is 19.2. The number of hydrogen-bond donors (Lipinski definition) is 1. The van der Waals surface area contributed by atoms with Gasteiger partial charge in [0.1, 0.15) is 23.5 Å². The molecule has 1 aliphatic rings. The quantitative estimate of drug-likeness (QED) is 0.850. The molecule has 1 amide bonds. The summed E-state index contributed by atoms with van der Waals surface area (Å²) in [4.78, 5) is 23.9. The highest BCUT2D eigenvalue weighted by molar-refractivity contribution is 5.70. The average Bonchev–Trinajstić information content (AvgIpc) is 2.70. The highest BCUT2D eigenvalue weighted by Gasteiger charge is 2.25. The Hall–Kier alpha value is -3.23. The number of methoxy groups -OCH3 is 1. The van der Waals surface area contributed by atoms with Crippen molar-refractivity contribution in [3.63, 3.8) is 0 Å². The maximum Gasteiger partial charge on any atom is 0.409 e. The van der Waals surface area contributed by atoms with Gasteiger partial charge in [-0.05, 0) is 31.2 Å². The second kappa shape index (κ2) is 8.43. The second-order valence-corrected chi connectivity index (χ2v) is 5.87. The Morgan fingerprint density at radius 1 is 1.11 bits per heavy atom. The molecule has 1 aliphatic heterocycles. The monoisotopic (exact) mass is 373 g/mol. The van der Waals surface area contributed by atoms with Gasteiger partial charge in [-0.25, -0.2) is 9.78 Å². The smallest absolute Gasteiger partial charge is 0.409 e. The molecule has 0 bridgehead atoms. The van der Waals surface area contributed by atoms with Crippen molar-refractivity contribution >= 4 is 17.6 Å². The minimum Gasteiger partial charge on any atom is -0.497 e. The molecule has 2 N–H and O–H groups in total. The van der Waals surface area contributed by atoms with Crippen molar-refractivity contribution in [3.8, 4) is 17.4 Å². The summed E-state index contributed by atoms with van der Waals surface area (Å²) in [6, 6.07) is 7.14. The van der Waals surface area contributed by atoms with Crippen LogP contribution in [0.1, 0.15) is 6.92 Å². The van der Waals surface area contributed by atoms with Gasteiger partial charge in [0.25, 0.3) is 0 Å². The van der Waals surface area contributed by atoms with Crippen LogP contribution in [0.5, 0.6) is 17.4 Å². The van der Waals surface area contributed by atoms with Crippen LogP contribution in [0.2, 0.25) is 0 Å². The van der Waals surface area contributed by atoms with Crippen LogP contribution >= 0.6 is 0 Å². The number of hydrogen-bond acceptors (Lipinski definition) is 8. The number of carbonyl (C=O) groups is 1. The first-order chi connectivity index (χ1) is 13.1. The molecule has 0 unspecified atom stereocenters. The number of carbonyl (C=O) groups excluding carboxylic acids is 1. The third kappa shape index (κ3) is 4.30. The number of amides is 1. The lowest BCUT2D eigenvalue weighted by Crippen LogP contribution is -2.49. The Balaban J connectivity index is 1.69. The van der Waals surface area contributed by atoms with Gasteiger partial charge < -0.3 is 29.7 Å². The van der Waals surface area contributed by atoms with E-state index in [0.717, 1.165) is 5.75 Å². The molecule has 2 heterocycles. The van der Waals surface area contributed by atoms with E-state index in [4.69, 9.17) is 19.9 Å². The van der Waals surface area contributed by atoms with Gasteiger partial charge in [-0.15, -0.1) is 0 Å². The van der Waals surface area contributed by atoms with Crippen molar-refractivity contribution in [1.29, 1.82) is 0 Å². The number of aromatic nitrogens is 2. The number of piperazine rings is 1. The summed E-state index contributed by atoms with van der Waals surface area (Å²) in [5, 5.41) is 0. The minimum absolute atomic E-state index is 0.290. The number of nitrogens with two attached hydrogens (primary N) is 1. The van der Waals surface area contributed by atoms with Crippen LogP contribution in [0.4, 0.5) is 16.3 Å². The van der Waals surface area contributed by atoms with Gasteiger partial charge in [0.15, 0.2) is 5.82 Å². The molecule has 0 saturated carbocycles. The molecule has 9 nitrogen and oxygen atoms in total. The molecule has 144 valence electrons. The van der Waals surface area contributed by atoms with Gasteiger partial charge in [-0.2, -0.15) is 4.98 Å². The number of nitrogens with zero attached hydrogens (tertiary/aromatic N) is 4. The van der Waals surface area contributed by atoms with E-state index in [-0.39, 0.29) is 12.0 Å². The first-order valence-electron chi connectivity index (χ1n) is 8.71. The molecule has 1 fully saturated rings. The van der Waals surface area contributed by atoms with E-state index in [1.54, 1.807) is 43.2 Å². The van der Waals surface area contributed by atoms with Crippen LogP contribution in [-0.2, 0) is 4.74 Å². The molecule has 0 aliphatic carbocycles. The fraction of sp³-hybridized carbons (Fsp3) is 0.389. The fourth-order valence-corrected chi connectivity index (χ4v) is 2.78. The molecule has 1 aromatic heterocycles. The minimum atomic E-state index is -0.295. The number of nitrogen functional groups attached to an aromatic ring is 1. The van der Waals surface area contributed by atoms with Gasteiger partial charge in [0.05, 0.1) is 13.7 Å². The Morgan fingerprint density at radius 2 is 1.78 bits per heavy atom. The van der Waals surface area contributed by atoms with E-state index in [1.807, 2.05) is 4.90 Å². The van der Waals surface area contributed by atoms with Crippen LogP contribution in [0.3, 0.4) is 0 Å². The summed E-state index contributed by atoms with van der Waals surface area (Å²) in [5.74, 6) is 2.22. The largest absolute Gasteiger partial charge is 0.497 e. The molecular weight excluding hydrogens is 350 g/mol. The fourth-order valence-electron chi connectivity index (χ4n) is 2.78. The number of ether oxygens (including phenoxy) is 3. The van der Waals surface area contributed by atoms with Crippen LogP contribution < -0.4 is 20.1 Å². The molecular formula is C18H23N5O4. The highest BCUT2D eigenvalue weighted by Crippen LogP contribution is 2.32. The SMILES string of the molecule is CCOC(=O)N1CCN(c2ncnc(Oc3ccc(OC)cc3)c2N)CC1. The summed E-state index contributed by atoms with van der Waals surface area (Å²) in [5.41, 5.74) is 6.60. The van der Waals surface area contributed by atoms with E-state index >= 15 is 0 Å². The van der Waals surface area contributed by atoms with Crippen LogP contribution in [0, 0.1) is 0 Å². The van der Waals surface area contributed by atoms with Crippen molar-refractivity contribution in [2.75, 3.05) is 50.5 Å². The molecule has 0 atom stereocenters. The van der Waals surface area contributed by atoms with Gasteiger partial charge in [0.2, 0.25) is 5.88 Å². The van der Waals surface area contributed by atoms with Crippen LogP contribution in [-0.4, -0.2) is 60.9 Å². The topological polar surface area (TPSA) is 103 Å². The number of anilines is 2. The lowest BCUT2D eigenvalue weighted by molar-refractivity contribution is 0.105. The normalized spacial score (nSPS) is 14.0. The van der Waals surface area contributed by atoms with Gasteiger partial charge in [-0.1, -0.05) is 0 Å². The summed E-state index contributed by atoms with van der Waals surface area (Å²) in [6.07, 6.45) is 1.12. The summed E-state index contributed by atoms with van der Waals surface area (Å²) in [6.45, 7) is 4.43. The first kappa shape index (κ1) is 18.6. The Bertz CT molecular complexity index is 776. The van der Waals surface area contributed by atoms with E-state index < -0.39 is 0 Å². The second-order valence-electron chi connectivity index (χ2n) is 5.87. The zero-order valence-corrected chi connectivity index (χ0v) is 15.4. The molecule has 0 radical (unpaired) electrons. The van der Waals surface area contributed by atoms with Crippen molar-refractivity contribution in [1.82, 2.24) is 14.9 Å². The Labute approximate surface area is 157 Å². The predicted molar refractivity (Wildman–Crippen MR) is 100 cm³/mol. The molecule has 27 heavy (non-hydrogen) atoms. The van der Waals surface area contributed by atoms with Crippen molar-refractivity contribution in [2.45, 2.75) is 6.92 Å². The third-order valence-corrected chi connectivity index (χ3v) is 4.21. The molecule has 0 spiro atoms. The average molecular weight is 373 g/mol. The molecule has 1 aromatic carbocycles. The highest BCUT2D eigenvalue weighted by atomic mass is 16.6. The van der Waals surface area contributed by atoms with Crippen molar-refractivity contribution in [2.24, 2.45) is 0 Å². The summed E-state index contributed by atoms with van der Waals surface area (Å²) >= 11 is 0. The number of benzene rings is 1. The van der Waals surface area contributed by atoms with Crippen LogP contribution in [0.25, 0.3) is 0 Å². The predicted octanol–water partition coefficient (Wildman–Crippen LogP) is 2.14. The maximum atomic E-state index is 11.8. The van der Waals surface area contributed by atoms with E-state index in [0.29, 0.717) is 50.0 Å². The lowest BCUT2D eigenvalue weighted by atomic mass is 10.3. The standard InChI is InChI=1S/C18H23N5O4/c1-3-26-18(24)23-10-8-22(9-11-23)16-15(19)17(21-12-20-16)27-14-6-4-13(25-2)5-7-14/h4-7,12H,3,8-11,19H2,1-2H3. The maximum absolute atomic E-state index is 11.8. The van der Waals surface area contributed by atoms with Gasteiger partial charge >= 0.3 is 6.09 Å².